The Morgan fingerprint density at radius 3 is 2.21 bits per heavy atom. The summed E-state index contributed by atoms with van der Waals surface area (Å²) < 4.78 is 30.9. The van der Waals surface area contributed by atoms with Crippen LogP contribution in [-0.2, 0) is 14.4 Å². The van der Waals surface area contributed by atoms with E-state index in [4.69, 9.17) is 30.9 Å². The van der Waals surface area contributed by atoms with Crippen molar-refractivity contribution in [1.82, 2.24) is 4.98 Å². The van der Waals surface area contributed by atoms with Crippen LogP contribution in [-0.4, -0.2) is 79.3 Å². The number of amides is 2. The molecule has 3 N–H and O–H groups in total. The van der Waals surface area contributed by atoms with E-state index in [1.165, 1.54) is 24.3 Å². The molecule has 13 heteroatoms. The molecule has 1 fully saturated rings. The van der Waals surface area contributed by atoms with Crippen molar-refractivity contribution >= 4 is 89.4 Å². The van der Waals surface area contributed by atoms with Gasteiger partial charge in [0.05, 0.1) is 24.3 Å². The van der Waals surface area contributed by atoms with Crippen LogP contribution in [0.25, 0.3) is 10.9 Å². The standard InChI is InChI=1S/C34H33ClFN3O7.Ca.2H/c1-44-29-19-24-26(20-30(29)45-17-5-3-2-4-6-31(40)41)37-16-13-27(24)46-28-12-11-23(18-25(28)35)39-33(43)34(14-15-34)32(42)38-22-9-7-21(36)8-10-22;;;/h7-13,16,18-20H,2-6,14-15,17H2,1H3,(H,38,42)(H,39,43)(H,40,41);;;. The Morgan fingerprint density at radius 2 is 1.55 bits per heavy atom. The number of nitrogens with one attached hydrogen (secondary N) is 2. The van der Waals surface area contributed by atoms with E-state index in [0.29, 0.717) is 71.1 Å². The van der Waals surface area contributed by atoms with Crippen molar-refractivity contribution < 1.29 is 38.1 Å². The number of benzene rings is 3. The Balaban J connectivity index is 0.00000500. The molecule has 0 aliphatic heterocycles. The Kier molecular flexibility index (Phi) is 12.7. The van der Waals surface area contributed by atoms with Crippen molar-refractivity contribution in [2.75, 3.05) is 24.4 Å². The zero-order valence-corrected chi connectivity index (χ0v) is 25.9. The number of carbonyl (C=O) groups is 3. The third-order valence-corrected chi connectivity index (χ3v) is 7.96. The van der Waals surface area contributed by atoms with E-state index >= 15 is 0 Å². The van der Waals surface area contributed by atoms with E-state index in [0.717, 1.165) is 19.3 Å². The number of ether oxygens (including phenoxy) is 3. The first-order valence-electron chi connectivity index (χ1n) is 14.9. The normalized spacial score (nSPS) is 12.8. The van der Waals surface area contributed by atoms with Crippen LogP contribution in [0.5, 0.6) is 23.0 Å². The number of carbonyl (C=O) groups excluding carboxylic acids is 2. The van der Waals surface area contributed by atoms with Gasteiger partial charge in [0.2, 0.25) is 11.8 Å². The quantitative estimate of drug-likeness (QED) is 0.0714. The van der Waals surface area contributed by atoms with Gasteiger partial charge in [-0.05, 0) is 80.3 Å². The van der Waals surface area contributed by atoms with Gasteiger partial charge in [0.25, 0.3) is 0 Å². The predicted octanol–water partition coefficient (Wildman–Crippen LogP) is 6.68. The second-order valence-electron chi connectivity index (χ2n) is 11.0. The van der Waals surface area contributed by atoms with Crippen LogP contribution in [0.15, 0.2) is 66.9 Å². The van der Waals surface area contributed by atoms with Gasteiger partial charge in [-0.15, -0.1) is 0 Å². The molecule has 4 aromatic rings. The van der Waals surface area contributed by atoms with Crippen molar-refractivity contribution in [3.63, 3.8) is 0 Å². The van der Waals surface area contributed by atoms with Crippen LogP contribution >= 0.6 is 11.6 Å². The molecule has 0 spiro atoms. The van der Waals surface area contributed by atoms with E-state index < -0.39 is 29.0 Å². The molecule has 1 heterocycles. The number of carboxylic acid groups (broad SMARTS) is 1. The van der Waals surface area contributed by atoms with E-state index in [-0.39, 0.29) is 49.2 Å². The van der Waals surface area contributed by atoms with Crippen molar-refractivity contribution in [3.05, 3.63) is 77.7 Å². The van der Waals surface area contributed by atoms with Gasteiger partial charge >= 0.3 is 43.7 Å². The summed E-state index contributed by atoms with van der Waals surface area (Å²) in [5.41, 5.74) is 0.202. The fraction of sp³-hybridized carbons (Fsp3) is 0.294. The molecule has 47 heavy (non-hydrogen) atoms. The van der Waals surface area contributed by atoms with Gasteiger partial charge in [-0.2, -0.15) is 0 Å². The predicted molar refractivity (Wildman–Crippen MR) is 180 cm³/mol. The topological polar surface area (TPSA) is 136 Å². The van der Waals surface area contributed by atoms with Crippen LogP contribution in [0.3, 0.4) is 0 Å². The molecule has 0 radical (unpaired) electrons. The second-order valence-corrected chi connectivity index (χ2v) is 11.4. The van der Waals surface area contributed by atoms with E-state index in [1.54, 1.807) is 49.7 Å². The molecule has 0 atom stereocenters. The number of unbranched alkanes of at least 4 members (excludes halogenated alkanes) is 3. The van der Waals surface area contributed by atoms with Crippen LogP contribution in [0, 0.1) is 11.2 Å². The van der Waals surface area contributed by atoms with Gasteiger partial charge in [0, 0.05) is 35.4 Å². The fourth-order valence-corrected chi connectivity index (χ4v) is 5.12. The number of aromatic nitrogens is 1. The van der Waals surface area contributed by atoms with E-state index in [1.807, 2.05) is 0 Å². The van der Waals surface area contributed by atoms with Gasteiger partial charge in [0.1, 0.15) is 22.7 Å². The number of carboxylic acids is 1. The van der Waals surface area contributed by atoms with Gasteiger partial charge in [-0.3, -0.25) is 19.4 Å². The molecule has 244 valence electrons. The van der Waals surface area contributed by atoms with Crippen LogP contribution in [0.2, 0.25) is 5.02 Å². The maximum absolute atomic E-state index is 13.2. The molecule has 0 unspecified atom stereocenters. The molecule has 1 aromatic heterocycles. The van der Waals surface area contributed by atoms with E-state index in [9.17, 15) is 18.8 Å². The number of anilines is 2. The Hall–Kier alpha value is -3.64. The molecule has 1 aliphatic carbocycles. The van der Waals surface area contributed by atoms with Crippen LogP contribution in [0.1, 0.15) is 44.9 Å². The van der Waals surface area contributed by atoms with Gasteiger partial charge in [-0.25, -0.2) is 4.39 Å². The average molecular weight is 692 g/mol. The number of fused-ring (bicyclic) bond motifs is 1. The molecule has 0 bridgehead atoms. The first kappa shape index (κ1) is 36.2. The molecular weight excluding hydrogens is 657 g/mol. The van der Waals surface area contributed by atoms with E-state index in [2.05, 4.69) is 15.6 Å². The summed E-state index contributed by atoms with van der Waals surface area (Å²) in [6, 6.07) is 15.4. The third-order valence-electron chi connectivity index (χ3n) is 7.66. The molecular formula is C34H35CaClFN3O7. The van der Waals surface area contributed by atoms with Crippen LogP contribution < -0.4 is 24.8 Å². The SMILES string of the molecule is COc1cc2c(Oc3ccc(NC(=O)C4(C(=O)Nc5ccc(F)cc5)CC4)cc3Cl)ccnc2cc1OCCCCCCC(=O)O.[CaH2]. The Morgan fingerprint density at radius 1 is 0.872 bits per heavy atom. The zero-order chi connectivity index (χ0) is 32.7. The molecule has 0 saturated heterocycles. The summed E-state index contributed by atoms with van der Waals surface area (Å²) in [6.45, 7) is 0.448. The summed E-state index contributed by atoms with van der Waals surface area (Å²) in [4.78, 5) is 41.1. The summed E-state index contributed by atoms with van der Waals surface area (Å²) in [5.74, 6) is -0.282. The summed E-state index contributed by atoms with van der Waals surface area (Å²) in [5, 5.41) is 15.1. The summed E-state index contributed by atoms with van der Waals surface area (Å²) >= 11 is 6.55. The molecule has 1 aliphatic rings. The number of aliphatic carboxylic acids is 1. The van der Waals surface area contributed by atoms with Crippen molar-refractivity contribution in [3.8, 4) is 23.0 Å². The van der Waals surface area contributed by atoms with Gasteiger partial charge in [0.15, 0.2) is 11.5 Å². The molecule has 10 nitrogen and oxygen atoms in total. The molecule has 2 amide bonds. The van der Waals surface area contributed by atoms with Crippen molar-refractivity contribution in [2.45, 2.75) is 44.9 Å². The number of halogens is 2. The fourth-order valence-electron chi connectivity index (χ4n) is 4.90. The summed E-state index contributed by atoms with van der Waals surface area (Å²) in [7, 11) is 1.54. The van der Waals surface area contributed by atoms with Gasteiger partial charge < -0.3 is 30.0 Å². The number of hydrogen-bond donors (Lipinski definition) is 3. The Labute approximate surface area is 305 Å². The van der Waals surface area contributed by atoms with Gasteiger partial charge in [-0.1, -0.05) is 24.4 Å². The zero-order valence-electron chi connectivity index (χ0n) is 25.1. The first-order chi connectivity index (χ1) is 22.2. The molecule has 3 aromatic carbocycles. The summed E-state index contributed by atoms with van der Waals surface area (Å²) in [6.07, 6.45) is 5.64. The molecule has 5 rings (SSSR count). The number of nitrogens with zero attached hydrogens (tertiary/aromatic N) is 1. The van der Waals surface area contributed by atoms with Crippen LogP contribution in [0.4, 0.5) is 15.8 Å². The minimum atomic E-state index is -1.21. The third kappa shape index (κ3) is 9.25. The number of pyridine rings is 1. The van der Waals surface area contributed by atoms with Crippen molar-refractivity contribution in [2.24, 2.45) is 5.41 Å². The minimum absolute atomic E-state index is 0. The average Bonchev–Trinajstić information content (AvgIpc) is 3.85. The second kappa shape index (κ2) is 16.5. The Bertz CT molecular complexity index is 1750. The number of rotatable bonds is 15. The monoisotopic (exact) mass is 691 g/mol. The maximum atomic E-state index is 13.2. The van der Waals surface area contributed by atoms with Crippen molar-refractivity contribution in [1.29, 1.82) is 0 Å². The molecule has 1 saturated carbocycles. The first-order valence-corrected chi connectivity index (χ1v) is 15.2. The number of methoxy groups -OCH3 is 1. The number of hydrogen-bond acceptors (Lipinski definition) is 7.